The zero-order chi connectivity index (χ0) is 32.4. The fourth-order valence-electron chi connectivity index (χ4n) is 5.29. The smallest absolute Gasteiger partial charge is 0.308 e. The Labute approximate surface area is 263 Å². The normalized spacial score (nSPS) is 18.2. The lowest BCUT2D eigenvalue weighted by atomic mass is 9.86. The van der Waals surface area contributed by atoms with E-state index in [0.717, 1.165) is 29.3 Å². The monoisotopic (exact) mass is 640 g/mol. The number of anilines is 1. The van der Waals surface area contributed by atoms with Gasteiger partial charge in [-0.05, 0) is 36.9 Å². The van der Waals surface area contributed by atoms with Gasteiger partial charge in [-0.15, -0.1) is 0 Å². The van der Waals surface area contributed by atoms with Crippen molar-refractivity contribution >= 4 is 42.4 Å². The van der Waals surface area contributed by atoms with Gasteiger partial charge in [0.25, 0.3) is 6.02 Å². The number of carbonyl (C=O) groups is 1. The summed E-state index contributed by atoms with van der Waals surface area (Å²) in [6, 6.07) is 5.13. The van der Waals surface area contributed by atoms with Crippen molar-refractivity contribution in [1.82, 2.24) is 9.55 Å². The number of pyridine rings is 1. The van der Waals surface area contributed by atoms with Crippen LogP contribution in [-0.4, -0.2) is 56.5 Å². The van der Waals surface area contributed by atoms with Gasteiger partial charge in [-0.3, -0.25) is 4.79 Å². The third-order valence-electron chi connectivity index (χ3n) is 7.95. The molecular weight excluding hydrogens is 598 g/mol. The third-order valence-corrected chi connectivity index (χ3v) is 9.65. The van der Waals surface area contributed by atoms with Crippen LogP contribution in [0.15, 0.2) is 41.7 Å². The van der Waals surface area contributed by atoms with Crippen LogP contribution in [0.5, 0.6) is 11.5 Å². The highest BCUT2D eigenvalue weighted by Crippen LogP contribution is 2.41. The summed E-state index contributed by atoms with van der Waals surface area (Å²) >= 11 is 0. The first-order valence-electron chi connectivity index (χ1n) is 15.3. The van der Waals surface area contributed by atoms with Crippen LogP contribution < -0.4 is 10.1 Å². The van der Waals surface area contributed by atoms with Crippen LogP contribution >= 0.6 is 0 Å². The lowest BCUT2D eigenvalue weighted by Gasteiger charge is -2.28. The maximum absolute atomic E-state index is 15.4. The molecule has 1 aliphatic carbocycles. The van der Waals surface area contributed by atoms with Crippen LogP contribution in [0.3, 0.4) is 0 Å². The lowest BCUT2D eigenvalue weighted by Crippen LogP contribution is -2.33. The van der Waals surface area contributed by atoms with Gasteiger partial charge in [-0.2, -0.15) is 0 Å². The Morgan fingerprint density at radius 1 is 1.22 bits per heavy atom. The molecule has 242 valence electrons. The Hall–Kier alpha value is -3.77. The van der Waals surface area contributed by atoms with E-state index in [4.69, 9.17) is 18.9 Å². The molecule has 12 heteroatoms. The summed E-state index contributed by atoms with van der Waals surface area (Å²) in [6.07, 6.45) is 7.28. The molecule has 0 bridgehead atoms. The molecule has 0 radical (unpaired) electrons. The largest absolute Gasteiger partial charge is 0.469 e. The number of halogens is 2. The van der Waals surface area contributed by atoms with Crippen LogP contribution in [0.25, 0.3) is 16.6 Å². The van der Waals surface area contributed by atoms with Gasteiger partial charge < -0.3 is 28.8 Å². The van der Waals surface area contributed by atoms with Gasteiger partial charge in [0.15, 0.2) is 17.4 Å². The molecule has 1 N–H and O–H groups in total. The highest BCUT2D eigenvalue weighted by atomic mass is 28.3. The first-order valence-corrected chi connectivity index (χ1v) is 19.0. The second-order valence-electron chi connectivity index (χ2n) is 13.7. The fourth-order valence-corrected chi connectivity index (χ4v) is 6.05. The number of amidine groups is 1. The Morgan fingerprint density at radius 3 is 2.60 bits per heavy atom. The topological polar surface area (TPSA) is 96.2 Å². The molecule has 1 unspecified atom stereocenters. The van der Waals surface area contributed by atoms with Crippen LogP contribution in [0, 0.1) is 23.0 Å². The van der Waals surface area contributed by atoms with E-state index >= 15 is 8.78 Å². The summed E-state index contributed by atoms with van der Waals surface area (Å²) in [5.74, 6) is -2.48. The summed E-state index contributed by atoms with van der Waals surface area (Å²) in [6.45, 7) is 12.8. The zero-order valence-corrected chi connectivity index (χ0v) is 27.8. The van der Waals surface area contributed by atoms with Crippen molar-refractivity contribution in [2.45, 2.75) is 65.5 Å². The van der Waals surface area contributed by atoms with E-state index in [1.165, 1.54) is 7.11 Å². The number of aliphatic imine (C=N–C) groups is 1. The van der Waals surface area contributed by atoms with E-state index < -0.39 is 25.5 Å². The Kier molecular flexibility index (Phi) is 9.64. The van der Waals surface area contributed by atoms with Gasteiger partial charge in [0.05, 0.1) is 31.6 Å². The lowest BCUT2D eigenvalue weighted by molar-refractivity contribution is -0.145. The van der Waals surface area contributed by atoms with Gasteiger partial charge in [0.1, 0.15) is 18.1 Å². The minimum Gasteiger partial charge on any atom is -0.469 e. The second-order valence-corrected chi connectivity index (χ2v) is 19.3. The molecule has 1 aliphatic heterocycles. The fraction of sp³-hybridized carbons (Fsp3) is 0.485. The van der Waals surface area contributed by atoms with Gasteiger partial charge in [0.2, 0.25) is 0 Å². The molecule has 0 amide bonds. The molecule has 0 fully saturated rings. The molecule has 0 saturated heterocycles. The SMILES string of the molecule is COC(=O)C1CC=C(c2cn(COCC[Si](C)(C)C)c3nccc(Oc4c(F)cc(NC5=NCC(C)(C)CO5)cc4F)c23)CC1. The van der Waals surface area contributed by atoms with E-state index in [9.17, 15) is 4.79 Å². The van der Waals surface area contributed by atoms with Crippen LogP contribution in [-0.2, 0) is 25.7 Å². The quantitative estimate of drug-likeness (QED) is 0.139. The average molecular weight is 641 g/mol. The maximum atomic E-state index is 15.4. The number of ether oxygens (including phenoxy) is 4. The number of aromatic nitrogens is 2. The summed E-state index contributed by atoms with van der Waals surface area (Å²) in [7, 11) is 0.113. The summed E-state index contributed by atoms with van der Waals surface area (Å²) in [4.78, 5) is 21.1. The minimum absolute atomic E-state index is 0.107. The molecule has 9 nitrogen and oxygen atoms in total. The van der Waals surface area contributed by atoms with E-state index in [1.54, 1.807) is 12.3 Å². The molecule has 2 aromatic heterocycles. The van der Waals surface area contributed by atoms with Gasteiger partial charge in [0, 0.05) is 55.9 Å². The Morgan fingerprint density at radius 2 is 1.98 bits per heavy atom. The van der Waals surface area contributed by atoms with Crippen molar-refractivity contribution in [3.05, 3.63) is 53.9 Å². The number of methoxy groups -OCH3 is 1. The third kappa shape index (κ3) is 7.91. The number of rotatable bonds is 10. The Balaban J connectivity index is 1.46. The van der Waals surface area contributed by atoms with Gasteiger partial charge in [-0.25, -0.2) is 18.8 Å². The maximum Gasteiger partial charge on any atom is 0.308 e. The van der Waals surface area contributed by atoms with Gasteiger partial charge >= 0.3 is 5.97 Å². The molecule has 3 aromatic rings. The molecular formula is C33H42F2N4O5Si. The molecule has 3 heterocycles. The number of nitrogens with zero attached hydrogens (tertiary/aromatic N) is 3. The first kappa shape index (κ1) is 32.6. The predicted octanol–water partition coefficient (Wildman–Crippen LogP) is 7.60. The number of hydrogen-bond donors (Lipinski definition) is 1. The number of allylic oxidation sites excluding steroid dienone is 2. The first-order chi connectivity index (χ1) is 21.3. The van der Waals surface area contributed by atoms with Gasteiger partial charge in [-0.1, -0.05) is 39.6 Å². The zero-order valence-electron chi connectivity index (χ0n) is 26.8. The van der Waals surface area contributed by atoms with Crippen LogP contribution in [0.1, 0.15) is 38.7 Å². The summed E-state index contributed by atoms with van der Waals surface area (Å²) in [5, 5.41) is 3.47. The van der Waals surface area contributed by atoms with Crippen molar-refractivity contribution in [3.8, 4) is 11.5 Å². The van der Waals surface area contributed by atoms with E-state index in [-0.39, 0.29) is 41.5 Å². The van der Waals surface area contributed by atoms with Crippen molar-refractivity contribution in [3.63, 3.8) is 0 Å². The number of fused-ring (bicyclic) bond motifs is 1. The average Bonchev–Trinajstić information content (AvgIpc) is 3.37. The molecule has 0 saturated carbocycles. The highest BCUT2D eigenvalue weighted by molar-refractivity contribution is 6.76. The number of hydrogen-bond acceptors (Lipinski definition) is 8. The minimum atomic E-state index is -1.28. The second kappa shape index (κ2) is 13.3. The Bertz CT molecular complexity index is 1610. The number of esters is 1. The van der Waals surface area contributed by atoms with Crippen LogP contribution in [0.2, 0.25) is 25.7 Å². The highest BCUT2D eigenvalue weighted by Gasteiger charge is 2.27. The number of nitrogens with one attached hydrogen (secondary N) is 1. The summed E-state index contributed by atoms with van der Waals surface area (Å²) in [5.41, 5.74) is 2.44. The van der Waals surface area contributed by atoms with Crippen LogP contribution in [0.4, 0.5) is 14.5 Å². The molecule has 1 atom stereocenters. The summed E-state index contributed by atoms with van der Waals surface area (Å²) < 4.78 is 55.3. The molecule has 45 heavy (non-hydrogen) atoms. The van der Waals surface area contributed by atoms with E-state index in [0.29, 0.717) is 50.1 Å². The molecule has 1 aromatic carbocycles. The molecule has 5 rings (SSSR count). The number of benzene rings is 1. The molecule has 2 aliphatic rings. The van der Waals surface area contributed by atoms with Crippen molar-refractivity contribution in [2.24, 2.45) is 16.3 Å². The predicted molar refractivity (Wildman–Crippen MR) is 173 cm³/mol. The molecule has 0 spiro atoms. The van der Waals surface area contributed by atoms with Crippen molar-refractivity contribution in [1.29, 1.82) is 0 Å². The van der Waals surface area contributed by atoms with Crippen molar-refractivity contribution < 1.29 is 32.5 Å². The standard InChI is InChI=1S/C33H42F2N4O5Si/c1-33(2)18-37-32(43-19-33)38-23-15-25(34)29(26(35)16-23)44-27-11-12-36-30-28(27)24(17-39(30)20-42-13-14-45(4,5)6)21-7-9-22(10-8-21)31(40)41-3/h7,11-12,15-17,22H,8-10,13-14,18-20H2,1-6H3,(H,37,38). The van der Waals surface area contributed by atoms with Crippen molar-refractivity contribution in [2.75, 3.05) is 32.2 Å². The number of carbonyl (C=O) groups excluding carboxylic acids is 1. The van der Waals surface area contributed by atoms with E-state index in [2.05, 4.69) is 34.9 Å². The van der Waals surface area contributed by atoms with E-state index in [1.807, 2.05) is 30.7 Å².